The van der Waals surface area contributed by atoms with Gasteiger partial charge in [0.15, 0.2) is 0 Å². The van der Waals surface area contributed by atoms with Crippen LogP contribution in [0.2, 0.25) is 0 Å². The number of carbonyl (C=O) groups is 1. The third-order valence-corrected chi connectivity index (χ3v) is 4.88. The number of phenolic OH excluding ortho intramolecular Hbond substituents is 1. The number of hydrogen-bond donors (Lipinski definition) is 2. The van der Waals surface area contributed by atoms with E-state index in [1.807, 2.05) is 36.4 Å². The highest BCUT2D eigenvalue weighted by molar-refractivity contribution is 6.09. The molecule has 2 N–H and O–H groups in total. The van der Waals surface area contributed by atoms with Gasteiger partial charge in [-0.2, -0.15) is 4.98 Å². The van der Waals surface area contributed by atoms with Crippen LogP contribution in [0.4, 0.5) is 17.4 Å². The maximum absolute atomic E-state index is 12.6. The van der Waals surface area contributed by atoms with Crippen molar-refractivity contribution in [2.24, 2.45) is 10.2 Å². The average Bonchev–Trinajstić information content (AvgIpc) is 3.35. The first kappa shape index (κ1) is 20.0. The average molecular weight is 436 g/mol. The normalized spacial score (nSPS) is 11.2. The molecule has 0 aliphatic carbocycles. The van der Waals surface area contributed by atoms with E-state index < -0.39 is 5.91 Å². The Kier molecular flexibility index (Phi) is 5.26. The fraction of sp³-hybridized carbons (Fsp3) is 0. The van der Waals surface area contributed by atoms with Crippen molar-refractivity contribution in [1.29, 1.82) is 0 Å². The molecule has 0 spiro atoms. The first-order valence-electron chi connectivity index (χ1n) is 9.96. The van der Waals surface area contributed by atoms with Crippen molar-refractivity contribution in [3.8, 4) is 17.1 Å². The van der Waals surface area contributed by atoms with Crippen molar-refractivity contribution in [1.82, 2.24) is 15.1 Å². The van der Waals surface area contributed by atoms with Gasteiger partial charge in [0.25, 0.3) is 5.91 Å². The quantitative estimate of drug-likeness (QED) is 0.270. The highest BCUT2D eigenvalue weighted by atomic mass is 16.5. The Labute approximate surface area is 187 Å². The Morgan fingerprint density at radius 3 is 2.42 bits per heavy atom. The number of rotatable bonds is 5. The van der Waals surface area contributed by atoms with Crippen LogP contribution in [0.1, 0.15) is 10.4 Å². The number of amides is 1. The summed E-state index contributed by atoms with van der Waals surface area (Å²) in [5.41, 5.74) is 1.80. The molecule has 0 fully saturated rings. The van der Waals surface area contributed by atoms with Gasteiger partial charge in [-0.3, -0.25) is 9.78 Å². The predicted molar refractivity (Wildman–Crippen MR) is 122 cm³/mol. The van der Waals surface area contributed by atoms with Gasteiger partial charge < -0.3 is 14.9 Å². The molecule has 160 valence electrons. The summed E-state index contributed by atoms with van der Waals surface area (Å²) in [6.45, 7) is 0. The number of aromatic hydroxyl groups is 1. The smallest absolute Gasteiger partial charge is 0.366 e. The molecule has 9 nitrogen and oxygen atoms in total. The van der Waals surface area contributed by atoms with Crippen LogP contribution in [0.15, 0.2) is 99.9 Å². The number of carbonyl (C=O) groups excluding carboxylic acids is 1. The number of nitrogens with zero attached hydrogens (tertiary/aromatic N) is 5. The van der Waals surface area contributed by atoms with E-state index in [0.29, 0.717) is 27.8 Å². The number of benzene rings is 3. The monoisotopic (exact) mass is 436 g/mol. The van der Waals surface area contributed by atoms with Crippen LogP contribution in [0, 0.1) is 0 Å². The largest absolute Gasteiger partial charge is 0.505 e. The molecule has 2 aromatic heterocycles. The molecule has 0 aliphatic heterocycles. The highest BCUT2D eigenvalue weighted by Crippen LogP contribution is 2.40. The van der Waals surface area contributed by atoms with Crippen molar-refractivity contribution >= 4 is 34.1 Å². The fourth-order valence-electron chi connectivity index (χ4n) is 3.27. The summed E-state index contributed by atoms with van der Waals surface area (Å²) >= 11 is 0. The van der Waals surface area contributed by atoms with Crippen LogP contribution < -0.4 is 5.32 Å². The van der Waals surface area contributed by atoms with Gasteiger partial charge in [0.1, 0.15) is 5.75 Å². The maximum atomic E-state index is 12.6. The zero-order valence-electron chi connectivity index (χ0n) is 17.1. The van der Waals surface area contributed by atoms with Crippen LogP contribution in [0.5, 0.6) is 5.75 Å². The first-order chi connectivity index (χ1) is 16.2. The maximum Gasteiger partial charge on any atom is 0.366 e. The van der Waals surface area contributed by atoms with Gasteiger partial charge in [-0.25, -0.2) is 0 Å². The molecule has 33 heavy (non-hydrogen) atoms. The third kappa shape index (κ3) is 4.15. The standard InChI is InChI=1S/C24H16N6O3/c31-21-18-9-5-4-8-17(18)19(14-20(21)26-23(32)16-10-12-25-13-11-16)28-29-24-27-22(30-33-24)15-6-2-1-3-7-15/h1-14,31H,(H,26,32). The molecule has 0 bridgehead atoms. The minimum absolute atomic E-state index is 0.0200. The lowest BCUT2D eigenvalue weighted by Gasteiger charge is -2.11. The van der Waals surface area contributed by atoms with E-state index in [2.05, 4.69) is 30.7 Å². The number of azo groups is 1. The fourth-order valence-corrected chi connectivity index (χ4v) is 3.27. The molecule has 5 rings (SSSR count). The Morgan fingerprint density at radius 2 is 1.64 bits per heavy atom. The topological polar surface area (TPSA) is 126 Å². The molecule has 1 amide bonds. The second-order valence-corrected chi connectivity index (χ2v) is 6.99. The number of pyridine rings is 1. The molecule has 9 heteroatoms. The molecule has 2 heterocycles. The summed E-state index contributed by atoms with van der Waals surface area (Å²) < 4.78 is 5.18. The van der Waals surface area contributed by atoms with Gasteiger partial charge in [0.05, 0.1) is 11.4 Å². The van der Waals surface area contributed by atoms with E-state index >= 15 is 0 Å². The van der Waals surface area contributed by atoms with E-state index in [4.69, 9.17) is 4.52 Å². The van der Waals surface area contributed by atoms with Gasteiger partial charge in [0, 0.05) is 34.3 Å². The summed E-state index contributed by atoms with van der Waals surface area (Å²) in [6, 6.07) is 21.1. The Balaban J connectivity index is 1.49. The molecular formula is C24H16N6O3. The van der Waals surface area contributed by atoms with E-state index in [1.165, 1.54) is 18.5 Å². The zero-order chi connectivity index (χ0) is 22.6. The first-order valence-corrected chi connectivity index (χ1v) is 9.96. The number of phenols is 1. The van der Waals surface area contributed by atoms with Crippen molar-refractivity contribution in [2.45, 2.75) is 0 Å². The molecule has 0 aliphatic rings. The second kappa shape index (κ2) is 8.67. The molecule has 0 atom stereocenters. The molecule has 0 unspecified atom stereocenters. The van der Waals surface area contributed by atoms with Crippen molar-refractivity contribution in [3.05, 3.63) is 90.8 Å². The van der Waals surface area contributed by atoms with Gasteiger partial charge in [-0.1, -0.05) is 64.9 Å². The van der Waals surface area contributed by atoms with E-state index in [1.54, 1.807) is 30.3 Å². The summed E-state index contributed by atoms with van der Waals surface area (Å²) in [5, 5.41) is 26.8. The summed E-state index contributed by atoms with van der Waals surface area (Å²) in [4.78, 5) is 20.7. The summed E-state index contributed by atoms with van der Waals surface area (Å²) in [7, 11) is 0. The van der Waals surface area contributed by atoms with Gasteiger partial charge >= 0.3 is 6.01 Å². The lowest BCUT2D eigenvalue weighted by molar-refractivity contribution is 0.102. The number of anilines is 1. The Bertz CT molecular complexity index is 1470. The van der Waals surface area contributed by atoms with E-state index in [9.17, 15) is 9.90 Å². The molecule has 5 aromatic rings. The SMILES string of the molecule is O=C(Nc1cc(N=Nc2nc(-c3ccccc3)no2)c2ccccc2c1O)c1ccncc1. The van der Waals surface area contributed by atoms with Crippen LogP contribution in [0.25, 0.3) is 22.2 Å². The molecule has 0 saturated carbocycles. The van der Waals surface area contributed by atoms with Crippen LogP contribution >= 0.6 is 0 Å². The van der Waals surface area contributed by atoms with E-state index in [0.717, 1.165) is 5.56 Å². The summed E-state index contributed by atoms with van der Waals surface area (Å²) in [6.07, 6.45) is 3.03. The highest BCUT2D eigenvalue weighted by Gasteiger charge is 2.15. The Hall–Kier alpha value is -4.92. The molecule has 0 radical (unpaired) electrons. The minimum atomic E-state index is -0.393. The predicted octanol–water partition coefficient (Wildman–Crippen LogP) is 5.66. The van der Waals surface area contributed by atoms with E-state index in [-0.39, 0.29) is 17.5 Å². The second-order valence-electron chi connectivity index (χ2n) is 6.99. The number of aromatic nitrogens is 3. The van der Waals surface area contributed by atoms with Gasteiger partial charge in [-0.15, -0.1) is 5.11 Å². The van der Waals surface area contributed by atoms with Crippen LogP contribution in [0.3, 0.4) is 0 Å². The molecular weight excluding hydrogens is 420 g/mol. The number of fused-ring (bicyclic) bond motifs is 1. The van der Waals surface area contributed by atoms with Gasteiger partial charge in [0.2, 0.25) is 5.82 Å². The number of hydrogen-bond acceptors (Lipinski definition) is 8. The minimum Gasteiger partial charge on any atom is -0.505 e. The lowest BCUT2D eigenvalue weighted by Crippen LogP contribution is -2.12. The number of nitrogens with one attached hydrogen (secondary N) is 1. The van der Waals surface area contributed by atoms with Crippen molar-refractivity contribution in [2.75, 3.05) is 5.32 Å². The summed E-state index contributed by atoms with van der Waals surface area (Å²) in [5.74, 6) is -0.0724. The Morgan fingerprint density at radius 1 is 0.909 bits per heavy atom. The van der Waals surface area contributed by atoms with Crippen molar-refractivity contribution in [3.63, 3.8) is 0 Å². The lowest BCUT2D eigenvalue weighted by atomic mass is 10.1. The molecule has 0 saturated heterocycles. The zero-order valence-corrected chi connectivity index (χ0v) is 17.1. The van der Waals surface area contributed by atoms with Crippen LogP contribution in [-0.2, 0) is 0 Å². The molecule has 3 aromatic carbocycles. The van der Waals surface area contributed by atoms with Gasteiger partial charge in [-0.05, 0) is 18.2 Å². The third-order valence-electron chi connectivity index (χ3n) is 4.88. The van der Waals surface area contributed by atoms with Crippen molar-refractivity contribution < 1.29 is 14.4 Å². The van der Waals surface area contributed by atoms with Crippen LogP contribution in [-0.4, -0.2) is 26.1 Å².